The fourth-order valence-electron chi connectivity index (χ4n) is 1.92. The normalized spacial score (nSPS) is 11.3. The highest BCUT2D eigenvalue weighted by molar-refractivity contribution is 9.10. The molecule has 0 bridgehead atoms. The Bertz CT molecular complexity index is 553. The van der Waals surface area contributed by atoms with Gasteiger partial charge in [-0.1, -0.05) is 34.5 Å². The second-order valence-electron chi connectivity index (χ2n) is 3.95. The van der Waals surface area contributed by atoms with Crippen molar-refractivity contribution < 1.29 is 9.15 Å². The monoisotopic (exact) mass is 331 g/mol. The third kappa shape index (κ3) is 2.57. The van der Waals surface area contributed by atoms with Crippen molar-refractivity contribution in [3.63, 3.8) is 0 Å². The van der Waals surface area contributed by atoms with Crippen molar-refractivity contribution in [2.45, 2.75) is 20.1 Å². The molecular weight excluding hydrogens is 318 g/mol. The molecule has 0 aliphatic heterocycles. The summed E-state index contributed by atoms with van der Waals surface area (Å²) in [6, 6.07) is 3.75. The van der Waals surface area contributed by atoms with Crippen LogP contribution in [0.4, 0.5) is 0 Å². The van der Waals surface area contributed by atoms with Gasteiger partial charge in [-0.15, -0.1) is 0 Å². The molecule has 0 aliphatic carbocycles. The Kier molecular flexibility index (Phi) is 4.67. The number of furan rings is 1. The zero-order valence-electron chi connectivity index (χ0n) is 10.3. The summed E-state index contributed by atoms with van der Waals surface area (Å²) >= 11 is 9.71. The van der Waals surface area contributed by atoms with E-state index in [2.05, 4.69) is 28.2 Å². The fraction of sp³-hybridized carbons (Fsp3) is 0.385. The molecule has 1 heterocycles. The van der Waals surface area contributed by atoms with Gasteiger partial charge in [0.25, 0.3) is 0 Å². The van der Waals surface area contributed by atoms with Gasteiger partial charge >= 0.3 is 0 Å². The van der Waals surface area contributed by atoms with Crippen LogP contribution in [-0.4, -0.2) is 13.7 Å². The van der Waals surface area contributed by atoms with Gasteiger partial charge in [0.1, 0.15) is 5.76 Å². The summed E-state index contributed by atoms with van der Waals surface area (Å²) < 4.78 is 12.1. The van der Waals surface area contributed by atoms with Crippen LogP contribution in [-0.2, 0) is 17.9 Å². The Balaban J connectivity index is 2.59. The lowest BCUT2D eigenvalue weighted by Crippen LogP contribution is -2.12. The number of methoxy groups -OCH3 is 1. The van der Waals surface area contributed by atoms with Crippen molar-refractivity contribution in [1.82, 2.24) is 5.32 Å². The Morgan fingerprint density at radius 3 is 2.89 bits per heavy atom. The lowest BCUT2D eigenvalue weighted by Gasteiger charge is -2.03. The molecule has 1 aromatic carbocycles. The van der Waals surface area contributed by atoms with E-state index < -0.39 is 0 Å². The molecule has 98 valence electrons. The minimum Gasteiger partial charge on any atom is -0.458 e. The molecule has 0 saturated carbocycles. The zero-order valence-corrected chi connectivity index (χ0v) is 12.7. The highest BCUT2D eigenvalue weighted by Crippen LogP contribution is 2.36. The lowest BCUT2D eigenvalue weighted by molar-refractivity contribution is 0.183. The average Bonchev–Trinajstić information content (AvgIpc) is 2.72. The summed E-state index contributed by atoms with van der Waals surface area (Å²) in [6.45, 7) is 4.12. The second kappa shape index (κ2) is 6.06. The van der Waals surface area contributed by atoms with Crippen LogP contribution in [0.5, 0.6) is 0 Å². The van der Waals surface area contributed by atoms with E-state index in [0.29, 0.717) is 23.8 Å². The molecule has 3 nitrogen and oxygen atoms in total. The molecule has 0 unspecified atom stereocenters. The average molecular weight is 333 g/mol. The Labute approximate surface area is 120 Å². The van der Waals surface area contributed by atoms with Gasteiger partial charge in [0.15, 0.2) is 5.58 Å². The van der Waals surface area contributed by atoms with E-state index in [1.807, 2.05) is 12.1 Å². The molecule has 0 amide bonds. The van der Waals surface area contributed by atoms with E-state index in [4.69, 9.17) is 20.8 Å². The largest absolute Gasteiger partial charge is 0.458 e. The summed E-state index contributed by atoms with van der Waals surface area (Å²) in [7, 11) is 1.67. The van der Waals surface area contributed by atoms with Gasteiger partial charge in [0.05, 0.1) is 18.2 Å². The van der Waals surface area contributed by atoms with Gasteiger partial charge in [-0.05, 0) is 18.7 Å². The minimum absolute atomic E-state index is 0.507. The molecule has 2 aromatic rings. The molecule has 0 aliphatic rings. The number of rotatable bonds is 5. The Morgan fingerprint density at radius 1 is 1.44 bits per heavy atom. The summed E-state index contributed by atoms with van der Waals surface area (Å²) in [5.74, 6) is 0.877. The van der Waals surface area contributed by atoms with Crippen LogP contribution >= 0.6 is 27.5 Å². The van der Waals surface area contributed by atoms with Crippen molar-refractivity contribution in [3.05, 3.63) is 33.0 Å². The molecule has 0 fully saturated rings. The van der Waals surface area contributed by atoms with Gasteiger partial charge in [-0.2, -0.15) is 0 Å². The third-order valence-electron chi connectivity index (χ3n) is 2.75. The zero-order chi connectivity index (χ0) is 13.1. The van der Waals surface area contributed by atoms with Crippen LogP contribution in [0.3, 0.4) is 0 Å². The molecule has 1 N–H and O–H groups in total. The molecule has 0 spiro atoms. The summed E-state index contributed by atoms with van der Waals surface area (Å²) in [5.41, 5.74) is 1.76. The van der Waals surface area contributed by atoms with Crippen molar-refractivity contribution in [1.29, 1.82) is 0 Å². The smallest absolute Gasteiger partial charge is 0.154 e. The first-order valence-electron chi connectivity index (χ1n) is 5.77. The Hall–Kier alpha value is -0.550. The van der Waals surface area contributed by atoms with Gasteiger partial charge in [0, 0.05) is 22.5 Å². The first-order chi connectivity index (χ1) is 8.69. The fourth-order valence-corrected chi connectivity index (χ4v) is 2.66. The minimum atomic E-state index is 0.507. The molecule has 0 radical (unpaired) electrons. The number of hydrogen-bond donors (Lipinski definition) is 1. The number of hydrogen-bond acceptors (Lipinski definition) is 3. The highest BCUT2D eigenvalue weighted by atomic mass is 79.9. The topological polar surface area (TPSA) is 34.4 Å². The molecular formula is C13H15BrClNO2. The highest BCUT2D eigenvalue weighted by Gasteiger charge is 2.18. The van der Waals surface area contributed by atoms with Crippen molar-refractivity contribution in [2.75, 3.05) is 13.7 Å². The number of fused-ring (bicyclic) bond motifs is 1. The molecule has 0 saturated heterocycles. The summed E-state index contributed by atoms with van der Waals surface area (Å²) in [5, 5.41) is 4.87. The maximum Gasteiger partial charge on any atom is 0.154 e. The van der Waals surface area contributed by atoms with Crippen LogP contribution < -0.4 is 5.32 Å². The molecule has 5 heteroatoms. The molecule has 0 atom stereocenters. The van der Waals surface area contributed by atoms with Crippen LogP contribution in [0.15, 0.2) is 21.0 Å². The number of benzene rings is 1. The SMILES string of the molecule is CCNCc1oc2c(Cl)ccc(Br)c2c1COC. The van der Waals surface area contributed by atoms with Crippen molar-refractivity contribution in [2.24, 2.45) is 0 Å². The van der Waals surface area contributed by atoms with E-state index in [-0.39, 0.29) is 0 Å². The summed E-state index contributed by atoms with van der Waals surface area (Å²) in [6.07, 6.45) is 0. The lowest BCUT2D eigenvalue weighted by atomic mass is 10.1. The molecule has 1 aromatic heterocycles. The second-order valence-corrected chi connectivity index (χ2v) is 5.21. The van der Waals surface area contributed by atoms with E-state index in [9.17, 15) is 0 Å². The molecule has 18 heavy (non-hydrogen) atoms. The van der Waals surface area contributed by atoms with E-state index in [1.54, 1.807) is 7.11 Å². The first-order valence-corrected chi connectivity index (χ1v) is 6.94. The number of halogens is 2. The number of ether oxygens (including phenoxy) is 1. The van der Waals surface area contributed by atoms with E-state index in [1.165, 1.54) is 0 Å². The number of nitrogens with one attached hydrogen (secondary N) is 1. The first kappa shape index (κ1) is 13.9. The van der Waals surface area contributed by atoms with Gasteiger partial charge in [-0.25, -0.2) is 0 Å². The maximum atomic E-state index is 6.17. The third-order valence-corrected chi connectivity index (χ3v) is 3.71. The van der Waals surface area contributed by atoms with Crippen molar-refractivity contribution in [3.8, 4) is 0 Å². The van der Waals surface area contributed by atoms with Crippen LogP contribution in [0.2, 0.25) is 5.02 Å². The van der Waals surface area contributed by atoms with E-state index >= 15 is 0 Å². The van der Waals surface area contributed by atoms with Crippen LogP contribution in [0.25, 0.3) is 11.0 Å². The standard InChI is InChI=1S/C13H15BrClNO2/c1-3-16-6-11-8(7-17-2)12-9(14)4-5-10(15)13(12)18-11/h4-5,16H,3,6-7H2,1-2H3. The molecule has 2 rings (SSSR count). The predicted molar refractivity (Wildman–Crippen MR) is 77.0 cm³/mol. The maximum absolute atomic E-state index is 6.17. The van der Waals surface area contributed by atoms with Crippen LogP contribution in [0.1, 0.15) is 18.2 Å². The quantitative estimate of drug-likeness (QED) is 0.895. The Morgan fingerprint density at radius 2 is 2.22 bits per heavy atom. The van der Waals surface area contributed by atoms with Gasteiger partial charge < -0.3 is 14.5 Å². The van der Waals surface area contributed by atoms with E-state index in [0.717, 1.165) is 27.7 Å². The van der Waals surface area contributed by atoms with Crippen LogP contribution in [0, 0.1) is 0 Å². The summed E-state index contributed by atoms with van der Waals surface area (Å²) in [4.78, 5) is 0. The predicted octanol–water partition coefficient (Wildman–Crippen LogP) is 4.10. The van der Waals surface area contributed by atoms with Crippen molar-refractivity contribution >= 4 is 38.5 Å². The van der Waals surface area contributed by atoms with Gasteiger partial charge in [0.2, 0.25) is 0 Å². The van der Waals surface area contributed by atoms with Gasteiger partial charge in [-0.3, -0.25) is 0 Å².